The number of H-pyrrole nitrogens is 1. The summed E-state index contributed by atoms with van der Waals surface area (Å²) in [7, 11) is 0. The summed E-state index contributed by atoms with van der Waals surface area (Å²) in [6.07, 6.45) is 3.37. The molecule has 0 bridgehead atoms. The van der Waals surface area contributed by atoms with Crippen molar-refractivity contribution < 1.29 is 9.53 Å². The van der Waals surface area contributed by atoms with E-state index in [-0.39, 0.29) is 24.1 Å². The molecule has 0 aliphatic carbocycles. The maximum atomic E-state index is 12.6. The zero-order valence-corrected chi connectivity index (χ0v) is 25.0. The van der Waals surface area contributed by atoms with Crippen molar-refractivity contribution in [3.63, 3.8) is 0 Å². The Balaban J connectivity index is 0.00000387. The van der Waals surface area contributed by atoms with Gasteiger partial charge >= 0.3 is 6.09 Å². The fraction of sp³-hybridized carbons (Fsp3) is 0.367. The zero-order valence-electron chi connectivity index (χ0n) is 23.4. The van der Waals surface area contributed by atoms with E-state index in [1.165, 1.54) is 0 Å². The van der Waals surface area contributed by atoms with Crippen molar-refractivity contribution in [1.82, 2.24) is 19.7 Å². The molecule has 1 aliphatic rings. The van der Waals surface area contributed by atoms with Gasteiger partial charge in [0, 0.05) is 42.6 Å². The fourth-order valence-electron chi connectivity index (χ4n) is 5.05. The quantitative estimate of drug-likeness (QED) is 0.245. The van der Waals surface area contributed by atoms with E-state index in [0.717, 1.165) is 52.7 Å². The molecule has 2 aromatic carbocycles. The van der Waals surface area contributed by atoms with Gasteiger partial charge in [0.15, 0.2) is 5.82 Å². The smallest absolute Gasteiger partial charge is 0.410 e. The largest absolute Gasteiger partial charge is 0.444 e. The van der Waals surface area contributed by atoms with Crippen LogP contribution in [0.2, 0.25) is 5.02 Å². The lowest BCUT2D eigenvalue weighted by Gasteiger charge is -2.33. The lowest BCUT2D eigenvalue weighted by Crippen LogP contribution is -2.42. The summed E-state index contributed by atoms with van der Waals surface area (Å²) >= 11 is 6.15. The van der Waals surface area contributed by atoms with Crippen LogP contribution in [-0.4, -0.2) is 51.0 Å². The second-order valence-electron chi connectivity index (χ2n) is 11.4. The number of likely N-dealkylation sites (tertiary alicyclic amines) is 1. The SMILES string of the molecule is CC(C)(C)OC(=O)N1CCC(CNc2cc(-c3ccc(=O)n(Cc4cccc(Cl)c4)c3)cc3[nH]nc(N)c23)CC1.Cl. The Hall–Kier alpha value is -3.69. The second kappa shape index (κ2) is 12.4. The van der Waals surface area contributed by atoms with Crippen molar-refractivity contribution in [3.05, 3.63) is 75.7 Å². The van der Waals surface area contributed by atoms with Gasteiger partial charge in [-0.2, -0.15) is 5.10 Å². The van der Waals surface area contributed by atoms with Crippen LogP contribution in [0.3, 0.4) is 0 Å². The zero-order chi connectivity index (χ0) is 28.4. The Morgan fingerprint density at radius 2 is 1.90 bits per heavy atom. The summed E-state index contributed by atoms with van der Waals surface area (Å²) in [4.78, 5) is 26.8. The number of amides is 1. The molecule has 0 radical (unpaired) electrons. The molecule has 0 spiro atoms. The highest BCUT2D eigenvalue weighted by Gasteiger charge is 2.27. The second-order valence-corrected chi connectivity index (χ2v) is 11.8. The fourth-order valence-corrected chi connectivity index (χ4v) is 5.26. The minimum atomic E-state index is -0.501. The molecule has 5 rings (SSSR count). The molecular weight excluding hydrogens is 563 g/mol. The number of piperidine rings is 1. The number of fused-ring (bicyclic) bond motifs is 1. The number of halogens is 2. The summed E-state index contributed by atoms with van der Waals surface area (Å²) in [5.41, 5.74) is 10.1. The Bertz CT molecular complexity index is 1590. The first-order valence-corrected chi connectivity index (χ1v) is 13.9. The predicted molar refractivity (Wildman–Crippen MR) is 167 cm³/mol. The molecule has 4 aromatic rings. The lowest BCUT2D eigenvalue weighted by atomic mass is 9.96. The normalized spacial score (nSPS) is 14.1. The molecule has 11 heteroatoms. The molecule has 0 unspecified atom stereocenters. The van der Waals surface area contributed by atoms with Crippen molar-refractivity contribution >= 4 is 52.5 Å². The molecule has 3 heterocycles. The number of anilines is 2. The van der Waals surface area contributed by atoms with Gasteiger partial charge in [0.1, 0.15) is 5.60 Å². The van der Waals surface area contributed by atoms with Crippen LogP contribution in [0.5, 0.6) is 0 Å². The first kappa shape index (κ1) is 30.3. The number of pyridine rings is 1. The summed E-state index contributed by atoms with van der Waals surface area (Å²) < 4.78 is 7.20. The Morgan fingerprint density at radius 3 is 2.61 bits per heavy atom. The molecule has 2 aromatic heterocycles. The molecule has 1 amide bonds. The van der Waals surface area contributed by atoms with Gasteiger partial charge in [-0.05, 0) is 86.6 Å². The first-order valence-electron chi connectivity index (χ1n) is 13.5. The van der Waals surface area contributed by atoms with E-state index in [1.54, 1.807) is 15.5 Å². The van der Waals surface area contributed by atoms with E-state index in [0.29, 0.717) is 36.4 Å². The molecule has 1 saturated heterocycles. The molecule has 1 aliphatic heterocycles. The van der Waals surface area contributed by atoms with Crippen LogP contribution in [0, 0.1) is 5.92 Å². The van der Waals surface area contributed by atoms with Crippen LogP contribution in [-0.2, 0) is 11.3 Å². The van der Waals surface area contributed by atoms with Crippen molar-refractivity contribution in [2.45, 2.75) is 45.8 Å². The van der Waals surface area contributed by atoms with E-state index in [1.807, 2.05) is 69.4 Å². The van der Waals surface area contributed by atoms with Gasteiger partial charge in [-0.1, -0.05) is 23.7 Å². The number of aromatic amines is 1. The summed E-state index contributed by atoms with van der Waals surface area (Å²) in [5, 5.41) is 12.3. The van der Waals surface area contributed by atoms with E-state index < -0.39 is 5.60 Å². The number of nitrogens with one attached hydrogen (secondary N) is 2. The minimum absolute atomic E-state index is 0. The van der Waals surface area contributed by atoms with Gasteiger partial charge < -0.3 is 25.3 Å². The highest BCUT2D eigenvalue weighted by atomic mass is 35.5. The Labute approximate surface area is 250 Å². The number of nitrogens with two attached hydrogens (primary N) is 1. The highest BCUT2D eigenvalue weighted by Crippen LogP contribution is 2.33. The molecule has 0 atom stereocenters. The van der Waals surface area contributed by atoms with E-state index in [4.69, 9.17) is 22.1 Å². The number of carbonyl (C=O) groups excluding carboxylic acids is 1. The van der Waals surface area contributed by atoms with Crippen LogP contribution in [0.15, 0.2) is 59.5 Å². The maximum Gasteiger partial charge on any atom is 0.410 e. The van der Waals surface area contributed by atoms with Gasteiger partial charge in [-0.25, -0.2) is 4.79 Å². The molecule has 41 heavy (non-hydrogen) atoms. The third-order valence-electron chi connectivity index (χ3n) is 7.10. The van der Waals surface area contributed by atoms with E-state index in [2.05, 4.69) is 15.5 Å². The van der Waals surface area contributed by atoms with Gasteiger partial charge in [-0.15, -0.1) is 12.4 Å². The molecule has 9 nitrogen and oxygen atoms in total. The third kappa shape index (κ3) is 7.34. The van der Waals surface area contributed by atoms with Crippen molar-refractivity contribution in [3.8, 4) is 11.1 Å². The number of benzene rings is 2. The van der Waals surface area contributed by atoms with Crippen LogP contribution in [0.25, 0.3) is 22.0 Å². The summed E-state index contributed by atoms with van der Waals surface area (Å²) in [6, 6.07) is 15.0. The number of hydrogen-bond acceptors (Lipinski definition) is 6. The van der Waals surface area contributed by atoms with Crippen LogP contribution in [0.1, 0.15) is 39.2 Å². The number of ether oxygens (including phenoxy) is 1. The molecular formula is C30H36Cl2N6O3. The number of carbonyl (C=O) groups is 1. The van der Waals surface area contributed by atoms with Crippen molar-refractivity contribution in [1.29, 1.82) is 0 Å². The summed E-state index contributed by atoms with van der Waals surface area (Å²) in [5.74, 6) is 0.819. The number of aromatic nitrogens is 3. The Morgan fingerprint density at radius 1 is 1.15 bits per heavy atom. The van der Waals surface area contributed by atoms with Gasteiger partial charge in [0.05, 0.1) is 17.4 Å². The maximum absolute atomic E-state index is 12.6. The average Bonchev–Trinajstić information content (AvgIpc) is 3.28. The van der Waals surface area contributed by atoms with Crippen LogP contribution < -0.4 is 16.6 Å². The first-order chi connectivity index (χ1) is 19.1. The van der Waals surface area contributed by atoms with Gasteiger partial charge in [-0.3, -0.25) is 9.89 Å². The van der Waals surface area contributed by atoms with Gasteiger partial charge in [0.2, 0.25) is 0 Å². The monoisotopic (exact) mass is 598 g/mol. The van der Waals surface area contributed by atoms with E-state index >= 15 is 0 Å². The van der Waals surface area contributed by atoms with Crippen molar-refractivity contribution in [2.24, 2.45) is 5.92 Å². The summed E-state index contributed by atoms with van der Waals surface area (Å²) in [6.45, 7) is 8.13. The van der Waals surface area contributed by atoms with Crippen LogP contribution in [0.4, 0.5) is 16.3 Å². The molecule has 1 fully saturated rings. The predicted octanol–water partition coefficient (Wildman–Crippen LogP) is 6.16. The Kier molecular flexibility index (Phi) is 9.19. The van der Waals surface area contributed by atoms with Gasteiger partial charge in [0.25, 0.3) is 5.56 Å². The van der Waals surface area contributed by atoms with Crippen molar-refractivity contribution in [2.75, 3.05) is 30.7 Å². The number of nitrogens with zero attached hydrogens (tertiary/aromatic N) is 3. The van der Waals surface area contributed by atoms with Crippen LogP contribution >= 0.6 is 24.0 Å². The number of hydrogen-bond donors (Lipinski definition) is 3. The highest BCUT2D eigenvalue weighted by molar-refractivity contribution is 6.30. The molecule has 0 saturated carbocycles. The standard InChI is InChI=1S/C30H35ClN6O3.ClH/c1-30(2,3)40-29(39)36-11-9-19(10-12-36)16-33-24-14-22(15-25-27(24)28(32)35-34-25)21-7-8-26(38)37(18-21)17-20-5-4-6-23(31)13-20;/h4-8,13-15,18-19,33H,9-12,16-17H2,1-3H3,(H3,32,34,35);1H. The number of nitrogen functional groups attached to an aromatic ring is 1. The average molecular weight is 600 g/mol. The molecule has 4 N–H and O–H groups in total. The topological polar surface area (TPSA) is 118 Å². The minimum Gasteiger partial charge on any atom is -0.444 e. The number of rotatable bonds is 6. The lowest BCUT2D eigenvalue weighted by molar-refractivity contribution is 0.0188. The third-order valence-corrected chi connectivity index (χ3v) is 7.33. The molecule has 218 valence electrons. The van der Waals surface area contributed by atoms with E-state index in [9.17, 15) is 9.59 Å².